The van der Waals surface area contributed by atoms with Gasteiger partial charge in [0.15, 0.2) is 0 Å². The predicted octanol–water partition coefficient (Wildman–Crippen LogP) is 1.75. The summed E-state index contributed by atoms with van der Waals surface area (Å²) >= 11 is 0. The smallest absolute Gasteiger partial charge is 0.339 e. The number of amides is 1. The van der Waals surface area contributed by atoms with Crippen LogP contribution >= 0.6 is 0 Å². The lowest BCUT2D eigenvalue weighted by Gasteiger charge is -2.09. The topological polar surface area (TPSA) is 144 Å². The highest BCUT2D eigenvalue weighted by Gasteiger charge is 2.19. The van der Waals surface area contributed by atoms with Gasteiger partial charge >= 0.3 is 11.9 Å². The van der Waals surface area contributed by atoms with Crippen molar-refractivity contribution in [3.05, 3.63) is 53.1 Å². The summed E-state index contributed by atoms with van der Waals surface area (Å²) in [4.78, 5) is 33.8. The Balaban J connectivity index is 2.31. The molecule has 0 aliphatic rings. The fourth-order valence-corrected chi connectivity index (χ4v) is 1.86. The van der Waals surface area contributed by atoms with Gasteiger partial charge in [0.05, 0.1) is 11.1 Å². The van der Waals surface area contributed by atoms with Crippen molar-refractivity contribution in [3.63, 3.8) is 0 Å². The first kappa shape index (κ1) is 15.8. The molecule has 0 radical (unpaired) electrons. The summed E-state index contributed by atoms with van der Waals surface area (Å²) in [5, 5.41) is 39.3. The van der Waals surface area contributed by atoms with Crippen LogP contribution in [0.2, 0.25) is 0 Å². The summed E-state index contributed by atoms with van der Waals surface area (Å²) in [5.74, 6) is -4.78. The van der Waals surface area contributed by atoms with Crippen molar-refractivity contribution in [2.75, 3.05) is 5.32 Å². The van der Waals surface area contributed by atoms with Crippen molar-refractivity contribution in [2.24, 2.45) is 0 Å². The molecule has 0 heterocycles. The Bertz CT molecular complexity index is 813. The summed E-state index contributed by atoms with van der Waals surface area (Å²) in [7, 11) is 0. The minimum absolute atomic E-state index is 0.0453. The van der Waals surface area contributed by atoms with Gasteiger partial charge in [-0.05, 0) is 30.3 Å². The average Bonchev–Trinajstić information content (AvgIpc) is 2.49. The number of aromatic hydroxyl groups is 2. The van der Waals surface area contributed by atoms with Crippen molar-refractivity contribution in [1.82, 2.24) is 0 Å². The largest absolute Gasteiger partial charge is 0.507 e. The minimum atomic E-state index is -1.46. The number of carboxylic acid groups (broad SMARTS) is 2. The average molecular weight is 317 g/mol. The second-order valence-corrected chi connectivity index (χ2v) is 4.53. The molecule has 0 unspecified atom stereocenters. The zero-order valence-corrected chi connectivity index (χ0v) is 11.5. The highest BCUT2D eigenvalue weighted by Crippen LogP contribution is 2.28. The van der Waals surface area contributed by atoms with Crippen LogP contribution in [0.15, 0.2) is 36.4 Å². The van der Waals surface area contributed by atoms with E-state index < -0.39 is 34.9 Å². The molecule has 8 heteroatoms. The Morgan fingerprint density at radius 3 is 2.04 bits per heavy atom. The van der Waals surface area contributed by atoms with Gasteiger partial charge in [0, 0.05) is 5.69 Å². The quantitative estimate of drug-likeness (QED) is 0.540. The van der Waals surface area contributed by atoms with Crippen LogP contribution in [-0.2, 0) is 0 Å². The monoisotopic (exact) mass is 317 g/mol. The van der Waals surface area contributed by atoms with Crippen LogP contribution < -0.4 is 5.32 Å². The fourth-order valence-electron chi connectivity index (χ4n) is 1.86. The van der Waals surface area contributed by atoms with Crippen molar-refractivity contribution in [3.8, 4) is 11.5 Å². The number of phenols is 2. The van der Waals surface area contributed by atoms with Crippen LogP contribution in [0.1, 0.15) is 31.1 Å². The molecule has 1 amide bonds. The van der Waals surface area contributed by atoms with Gasteiger partial charge in [-0.2, -0.15) is 0 Å². The van der Waals surface area contributed by atoms with E-state index in [9.17, 15) is 24.6 Å². The zero-order valence-electron chi connectivity index (χ0n) is 11.5. The first-order valence-corrected chi connectivity index (χ1v) is 6.23. The van der Waals surface area contributed by atoms with Crippen LogP contribution in [-0.4, -0.2) is 38.3 Å². The molecule has 0 fully saturated rings. The lowest BCUT2D eigenvalue weighted by atomic mass is 10.1. The number of aromatic carboxylic acids is 2. The molecule has 118 valence electrons. The summed E-state index contributed by atoms with van der Waals surface area (Å²) < 4.78 is 0. The van der Waals surface area contributed by atoms with Gasteiger partial charge in [-0.3, -0.25) is 4.79 Å². The molecule has 0 aliphatic carbocycles. The Morgan fingerprint density at radius 2 is 1.43 bits per heavy atom. The number of phenolic OH excluding ortho intramolecular Hbond substituents is 1. The van der Waals surface area contributed by atoms with Crippen LogP contribution in [0.5, 0.6) is 11.5 Å². The maximum Gasteiger partial charge on any atom is 0.339 e. The van der Waals surface area contributed by atoms with Gasteiger partial charge < -0.3 is 25.7 Å². The maximum atomic E-state index is 12.1. The third-order valence-corrected chi connectivity index (χ3v) is 2.96. The molecule has 0 spiro atoms. The number of benzene rings is 2. The van der Waals surface area contributed by atoms with Gasteiger partial charge in [0.1, 0.15) is 17.1 Å². The van der Waals surface area contributed by atoms with E-state index in [1.807, 2.05) is 0 Å². The summed E-state index contributed by atoms with van der Waals surface area (Å²) in [6, 6.07) is 6.97. The van der Waals surface area contributed by atoms with Crippen molar-refractivity contribution in [2.45, 2.75) is 0 Å². The molecule has 5 N–H and O–H groups in total. The van der Waals surface area contributed by atoms with E-state index >= 15 is 0 Å². The van der Waals surface area contributed by atoms with Crippen molar-refractivity contribution < 1.29 is 34.8 Å². The summed E-state index contributed by atoms with van der Waals surface area (Å²) in [5.41, 5.74) is -0.785. The molecular weight excluding hydrogens is 306 g/mol. The van der Waals surface area contributed by atoms with Crippen molar-refractivity contribution >= 4 is 23.5 Å². The van der Waals surface area contributed by atoms with Gasteiger partial charge in [-0.1, -0.05) is 6.07 Å². The van der Waals surface area contributed by atoms with Crippen LogP contribution in [0.4, 0.5) is 5.69 Å². The molecule has 2 aromatic carbocycles. The molecule has 2 aromatic rings. The van der Waals surface area contributed by atoms with Gasteiger partial charge in [0.25, 0.3) is 5.91 Å². The third kappa shape index (κ3) is 3.38. The van der Waals surface area contributed by atoms with E-state index in [-0.39, 0.29) is 16.8 Å². The summed E-state index contributed by atoms with van der Waals surface area (Å²) in [6.45, 7) is 0. The normalized spacial score (nSPS) is 10.1. The number of rotatable bonds is 4. The number of anilines is 1. The molecule has 8 nitrogen and oxygen atoms in total. The molecule has 23 heavy (non-hydrogen) atoms. The molecule has 0 bridgehead atoms. The standard InChI is InChI=1S/C15H11NO7/c17-11-6-10(15(22)23)12(18)5-9(11)13(19)16-8-3-1-2-7(4-8)14(20)21/h1-6,17-18H,(H,16,19)(H,20,21)(H,22,23). The first-order valence-electron chi connectivity index (χ1n) is 6.23. The minimum Gasteiger partial charge on any atom is -0.507 e. The van der Waals surface area contributed by atoms with Gasteiger partial charge in [0.2, 0.25) is 0 Å². The number of nitrogens with one attached hydrogen (secondary N) is 1. The first-order chi connectivity index (χ1) is 10.8. The molecule has 0 atom stereocenters. The van der Waals surface area contributed by atoms with Crippen LogP contribution in [0, 0.1) is 0 Å². The predicted molar refractivity (Wildman–Crippen MR) is 78.1 cm³/mol. The van der Waals surface area contributed by atoms with E-state index in [1.165, 1.54) is 24.3 Å². The zero-order chi connectivity index (χ0) is 17.1. The molecular formula is C15H11NO7. The van der Waals surface area contributed by atoms with Crippen LogP contribution in [0.3, 0.4) is 0 Å². The van der Waals surface area contributed by atoms with E-state index in [4.69, 9.17) is 10.2 Å². The van der Waals surface area contributed by atoms with Gasteiger partial charge in [-0.25, -0.2) is 9.59 Å². The number of hydrogen-bond donors (Lipinski definition) is 5. The van der Waals surface area contributed by atoms with E-state index in [0.29, 0.717) is 0 Å². The number of carboxylic acids is 2. The number of carbonyl (C=O) groups excluding carboxylic acids is 1. The van der Waals surface area contributed by atoms with Gasteiger partial charge in [-0.15, -0.1) is 0 Å². The molecule has 0 saturated carbocycles. The lowest BCUT2D eigenvalue weighted by molar-refractivity contribution is 0.0684. The summed E-state index contributed by atoms with van der Waals surface area (Å²) in [6.07, 6.45) is 0. The Labute approximate surface area is 129 Å². The fraction of sp³-hybridized carbons (Fsp3) is 0. The molecule has 2 rings (SSSR count). The second-order valence-electron chi connectivity index (χ2n) is 4.53. The molecule has 0 aliphatic heterocycles. The highest BCUT2D eigenvalue weighted by atomic mass is 16.4. The lowest BCUT2D eigenvalue weighted by Crippen LogP contribution is -2.13. The third-order valence-electron chi connectivity index (χ3n) is 2.96. The Hall–Kier alpha value is -3.55. The second kappa shape index (κ2) is 6.06. The van der Waals surface area contributed by atoms with E-state index in [0.717, 1.165) is 12.1 Å². The molecule has 0 saturated heterocycles. The Morgan fingerprint density at radius 1 is 0.826 bits per heavy atom. The van der Waals surface area contributed by atoms with E-state index in [2.05, 4.69) is 5.32 Å². The van der Waals surface area contributed by atoms with E-state index in [1.54, 1.807) is 0 Å². The number of hydrogen-bond acceptors (Lipinski definition) is 5. The highest BCUT2D eigenvalue weighted by molar-refractivity contribution is 6.07. The molecule has 0 aromatic heterocycles. The Kier molecular flexibility index (Phi) is 4.17. The van der Waals surface area contributed by atoms with Crippen LogP contribution in [0.25, 0.3) is 0 Å². The SMILES string of the molecule is O=C(O)c1cccc(NC(=O)c2cc(O)c(C(=O)O)cc2O)c1. The maximum absolute atomic E-state index is 12.1. The number of carbonyl (C=O) groups is 3. The van der Waals surface area contributed by atoms with Crippen molar-refractivity contribution in [1.29, 1.82) is 0 Å².